The van der Waals surface area contributed by atoms with E-state index in [1.807, 2.05) is 31.2 Å². The first-order valence-corrected chi connectivity index (χ1v) is 12.6. The van der Waals surface area contributed by atoms with E-state index in [1.165, 1.54) is 4.90 Å². The molecule has 8 nitrogen and oxygen atoms in total. The Bertz CT molecular complexity index is 1130. The van der Waals surface area contributed by atoms with Crippen molar-refractivity contribution in [1.29, 1.82) is 0 Å². The van der Waals surface area contributed by atoms with Gasteiger partial charge in [-0.05, 0) is 54.8 Å². The molecular formula is C25H29Cl2N5O3. The first-order chi connectivity index (χ1) is 16.8. The lowest BCUT2D eigenvalue weighted by molar-refractivity contribution is -0.139. The molecule has 3 aliphatic rings. The van der Waals surface area contributed by atoms with Crippen LogP contribution in [0.5, 0.6) is 5.75 Å². The Morgan fingerprint density at radius 1 is 1.06 bits per heavy atom. The van der Waals surface area contributed by atoms with E-state index in [0.29, 0.717) is 22.6 Å². The number of hydrogen-bond acceptors (Lipinski definition) is 6. The van der Waals surface area contributed by atoms with Crippen LogP contribution >= 0.6 is 23.2 Å². The minimum Gasteiger partial charge on any atom is -0.494 e. The van der Waals surface area contributed by atoms with E-state index >= 15 is 0 Å². The van der Waals surface area contributed by atoms with Gasteiger partial charge in [-0.1, -0.05) is 36.2 Å². The van der Waals surface area contributed by atoms with Crippen LogP contribution in [-0.4, -0.2) is 71.9 Å². The number of carbonyl (C=O) groups is 2. The zero-order valence-corrected chi connectivity index (χ0v) is 21.5. The number of amides is 3. The third-order valence-electron chi connectivity index (χ3n) is 6.89. The molecule has 4 unspecified atom stereocenters. The van der Waals surface area contributed by atoms with Gasteiger partial charge in [-0.3, -0.25) is 19.9 Å². The normalized spacial score (nSPS) is 26.7. The predicted molar refractivity (Wildman–Crippen MR) is 135 cm³/mol. The molecule has 0 saturated carbocycles. The predicted octanol–water partition coefficient (Wildman–Crippen LogP) is 3.83. The highest BCUT2D eigenvalue weighted by atomic mass is 35.5. The number of benzene rings is 2. The highest BCUT2D eigenvalue weighted by molar-refractivity contribution is 6.42. The Morgan fingerprint density at radius 3 is 2.49 bits per heavy atom. The third-order valence-corrected chi connectivity index (χ3v) is 7.63. The van der Waals surface area contributed by atoms with E-state index in [-0.39, 0.29) is 24.8 Å². The van der Waals surface area contributed by atoms with Crippen LogP contribution in [0.2, 0.25) is 10.0 Å². The fourth-order valence-electron chi connectivity index (χ4n) is 5.29. The van der Waals surface area contributed by atoms with Crippen LogP contribution in [0.1, 0.15) is 19.4 Å². The van der Waals surface area contributed by atoms with Gasteiger partial charge in [0.25, 0.3) is 5.91 Å². The van der Waals surface area contributed by atoms with Crippen molar-refractivity contribution >= 4 is 40.8 Å². The summed E-state index contributed by atoms with van der Waals surface area (Å²) in [6.07, 6.45) is -0.621. The number of imide groups is 1. The number of urea groups is 1. The molecule has 0 aromatic heterocycles. The maximum Gasteiger partial charge on any atom is 0.328 e. The van der Waals surface area contributed by atoms with Gasteiger partial charge in [0.05, 0.1) is 23.2 Å². The van der Waals surface area contributed by atoms with Gasteiger partial charge in [-0.15, -0.1) is 0 Å². The molecule has 4 atom stereocenters. The van der Waals surface area contributed by atoms with Crippen LogP contribution in [-0.2, 0) is 11.3 Å². The van der Waals surface area contributed by atoms with Gasteiger partial charge in [0.1, 0.15) is 24.2 Å². The second kappa shape index (κ2) is 9.50. The van der Waals surface area contributed by atoms with Gasteiger partial charge < -0.3 is 14.5 Å². The Kier molecular flexibility index (Phi) is 6.57. The molecule has 186 valence electrons. The van der Waals surface area contributed by atoms with E-state index in [0.717, 1.165) is 30.1 Å². The zero-order chi connectivity index (χ0) is 24.9. The quantitative estimate of drug-likeness (QED) is 0.649. The molecule has 3 heterocycles. The molecule has 2 aromatic carbocycles. The van der Waals surface area contributed by atoms with Gasteiger partial charge in [0.15, 0.2) is 0 Å². The molecule has 10 heteroatoms. The van der Waals surface area contributed by atoms with E-state index in [4.69, 9.17) is 27.9 Å². The minimum atomic E-state index is -0.488. The van der Waals surface area contributed by atoms with Crippen molar-refractivity contribution < 1.29 is 14.3 Å². The fourth-order valence-corrected chi connectivity index (χ4v) is 5.61. The standard InChI is InChI=1S/C25H29Cl2N5O3/c1-4-35-18-8-6-17(7-9-18)30-12-15(2)13-31-21-22(28-24(30)31)29(3)25(34)32(23(21)33)14-16-5-10-19(26)20(27)11-16/h5-11,15,21-22,24,28H,4,12-14H2,1-3H3. The number of hydrogen-bond donors (Lipinski definition) is 1. The van der Waals surface area contributed by atoms with E-state index in [2.05, 4.69) is 22.0 Å². The van der Waals surface area contributed by atoms with Gasteiger partial charge in [-0.2, -0.15) is 0 Å². The number of carbonyl (C=O) groups excluding carboxylic acids is 2. The molecule has 2 aromatic rings. The second-order valence-corrected chi connectivity index (χ2v) is 10.2. The number of likely N-dealkylation sites (N-methyl/N-ethyl adjacent to an activating group) is 1. The molecule has 3 fully saturated rings. The Balaban J connectivity index is 1.42. The van der Waals surface area contributed by atoms with E-state index in [1.54, 1.807) is 30.1 Å². The summed E-state index contributed by atoms with van der Waals surface area (Å²) in [6.45, 7) is 6.48. The summed E-state index contributed by atoms with van der Waals surface area (Å²) in [4.78, 5) is 34.4. The summed E-state index contributed by atoms with van der Waals surface area (Å²) in [6, 6.07) is 12.3. The molecule has 1 N–H and O–H groups in total. The van der Waals surface area contributed by atoms with Crippen molar-refractivity contribution in [2.24, 2.45) is 5.92 Å². The number of fused-ring (bicyclic) bond motifs is 3. The van der Waals surface area contributed by atoms with Gasteiger partial charge in [0, 0.05) is 25.8 Å². The van der Waals surface area contributed by atoms with Crippen LogP contribution in [0.4, 0.5) is 10.5 Å². The first-order valence-electron chi connectivity index (χ1n) is 11.8. The maximum absolute atomic E-state index is 13.7. The number of anilines is 1. The number of halogens is 2. The van der Waals surface area contributed by atoms with Crippen molar-refractivity contribution in [2.75, 3.05) is 31.6 Å². The Hall–Kier alpha value is -2.52. The molecule has 3 amide bonds. The van der Waals surface area contributed by atoms with Crippen LogP contribution in [0, 0.1) is 5.92 Å². The van der Waals surface area contributed by atoms with Crippen LogP contribution in [0.25, 0.3) is 0 Å². The minimum absolute atomic E-state index is 0.138. The van der Waals surface area contributed by atoms with Crippen molar-refractivity contribution in [3.8, 4) is 5.75 Å². The average molecular weight is 518 g/mol. The summed E-state index contributed by atoms with van der Waals surface area (Å²) in [7, 11) is 1.74. The Morgan fingerprint density at radius 2 is 1.80 bits per heavy atom. The molecule has 0 aliphatic carbocycles. The number of nitrogens with zero attached hydrogens (tertiary/aromatic N) is 4. The van der Waals surface area contributed by atoms with Crippen LogP contribution in [0.3, 0.4) is 0 Å². The molecule has 5 rings (SSSR count). The van der Waals surface area contributed by atoms with Gasteiger partial charge in [-0.25, -0.2) is 4.79 Å². The van der Waals surface area contributed by atoms with Crippen molar-refractivity contribution in [3.63, 3.8) is 0 Å². The molecule has 0 spiro atoms. The summed E-state index contributed by atoms with van der Waals surface area (Å²) >= 11 is 12.2. The van der Waals surface area contributed by atoms with Gasteiger partial charge in [0.2, 0.25) is 0 Å². The Labute approximate surface area is 215 Å². The van der Waals surface area contributed by atoms with Gasteiger partial charge >= 0.3 is 6.03 Å². The monoisotopic (exact) mass is 517 g/mol. The number of rotatable bonds is 5. The zero-order valence-electron chi connectivity index (χ0n) is 19.9. The molecule has 3 saturated heterocycles. The fraction of sp³-hybridized carbons (Fsp3) is 0.440. The van der Waals surface area contributed by atoms with Crippen LogP contribution < -0.4 is 15.0 Å². The van der Waals surface area contributed by atoms with Crippen molar-refractivity contribution in [3.05, 3.63) is 58.1 Å². The lowest BCUT2D eigenvalue weighted by Crippen LogP contribution is -2.66. The summed E-state index contributed by atoms with van der Waals surface area (Å²) in [5.41, 5.74) is 1.79. The molecule has 0 bridgehead atoms. The largest absolute Gasteiger partial charge is 0.494 e. The third kappa shape index (κ3) is 4.33. The lowest BCUT2D eigenvalue weighted by atomic mass is 10.0. The van der Waals surface area contributed by atoms with E-state index < -0.39 is 12.2 Å². The summed E-state index contributed by atoms with van der Waals surface area (Å²) in [5, 5.41) is 4.38. The number of nitrogens with one attached hydrogen (secondary N) is 1. The van der Waals surface area contributed by atoms with E-state index in [9.17, 15) is 9.59 Å². The highest BCUT2D eigenvalue weighted by Gasteiger charge is 2.56. The topological polar surface area (TPSA) is 68.4 Å². The van der Waals surface area contributed by atoms with Crippen LogP contribution in [0.15, 0.2) is 42.5 Å². The highest BCUT2D eigenvalue weighted by Crippen LogP contribution is 2.35. The SMILES string of the molecule is CCOc1ccc(N2CC(C)CN3C4C(=O)N(Cc5ccc(Cl)c(Cl)c5)C(=O)N(C)C4NC23)cc1. The first kappa shape index (κ1) is 24.2. The maximum atomic E-state index is 13.7. The molecule has 0 radical (unpaired) electrons. The van der Waals surface area contributed by atoms with Crippen molar-refractivity contribution in [1.82, 2.24) is 20.0 Å². The smallest absolute Gasteiger partial charge is 0.328 e. The molecular weight excluding hydrogens is 489 g/mol. The average Bonchev–Trinajstić information content (AvgIpc) is 3.22. The molecule has 35 heavy (non-hydrogen) atoms. The second-order valence-electron chi connectivity index (χ2n) is 9.38. The summed E-state index contributed by atoms with van der Waals surface area (Å²) in [5.74, 6) is 0.946. The molecule has 3 aliphatic heterocycles. The van der Waals surface area contributed by atoms with Crippen molar-refractivity contribution in [2.45, 2.75) is 38.9 Å². The number of ether oxygens (including phenoxy) is 1. The summed E-state index contributed by atoms with van der Waals surface area (Å²) < 4.78 is 5.59. The lowest BCUT2D eigenvalue weighted by Gasteiger charge is -2.46.